The lowest BCUT2D eigenvalue weighted by molar-refractivity contribution is 0.337. The maximum atomic E-state index is 5.81. The molecule has 0 amide bonds. The van der Waals surface area contributed by atoms with E-state index in [0.29, 0.717) is 11.8 Å². The molecule has 2 N–H and O–H groups in total. The second-order valence-corrected chi connectivity index (χ2v) is 5.26. The van der Waals surface area contributed by atoms with E-state index in [-0.39, 0.29) is 5.41 Å². The summed E-state index contributed by atoms with van der Waals surface area (Å²) in [4.78, 5) is 8.75. The zero-order valence-electron chi connectivity index (χ0n) is 10.3. The second-order valence-electron chi connectivity index (χ2n) is 5.26. The molecule has 1 spiro atoms. The Balaban J connectivity index is 2.16. The van der Waals surface area contributed by atoms with E-state index in [9.17, 15) is 0 Å². The van der Waals surface area contributed by atoms with Gasteiger partial charge in [0.05, 0.1) is 12.8 Å². The number of nitrogens with two attached hydrogens (primary N) is 1. The lowest BCUT2D eigenvalue weighted by Crippen LogP contribution is -2.30. The van der Waals surface area contributed by atoms with Gasteiger partial charge in [-0.05, 0) is 32.1 Å². The van der Waals surface area contributed by atoms with Crippen LogP contribution in [0.15, 0.2) is 0 Å². The van der Waals surface area contributed by atoms with Crippen LogP contribution in [0, 0.1) is 0 Å². The number of nitrogen functional groups attached to an aromatic ring is 1. The van der Waals surface area contributed by atoms with E-state index < -0.39 is 0 Å². The van der Waals surface area contributed by atoms with Gasteiger partial charge < -0.3 is 10.5 Å². The third kappa shape index (κ3) is 1.58. The first-order valence-corrected chi connectivity index (χ1v) is 6.46. The van der Waals surface area contributed by atoms with Crippen molar-refractivity contribution in [2.75, 3.05) is 12.8 Å². The van der Waals surface area contributed by atoms with Crippen LogP contribution in [0.3, 0.4) is 0 Å². The minimum Gasteiger partial charge on any atom is -0.481 e. The molecule has 0 saturated heterocycles. The third-order valence-corrected chi connectivity index (χ3v) is 4.32. The number of ether oxygens (including phenoxy) is 1. The minimum atomic E-state index is 0.276. The average molecular weight is 233 g/mol. The Bertz CT molecular complexity index is 439. The first-order chi connectivity index (χ1) is 8.25. The fourth-order valence-electron chi connectivity index (χ4n) is 3.57. The van der Waals surface area contributed by atoms with Crippen LogP contribution < -0.4 is 10.5 Å². The highest BCUT2D eigenvalue weighted by molar-refractivity contribution is 5.42. The molecule has 3 rings (SSSR count). The second kappa shape index (κ2) is 3.86. The van der Waals surface area contributed by atoms with Gasteiger partial charge in [-0.1, -0.05) is 12.8 Å². The molecule has 1 heterocycles. The summed E-state index contributed by atoms with van der Waals surface area (Å²) < 4.78 is 5.37. The molecule has 17 heavy (non-hydrogen) atoms. The molecule has 0 atom stereocenters. The fourth-order valence-corrected chi connectivity index (χ4v) is 3.57. The molecule has 1 aromatic rings. The van der Waals surface area contributed by atoms with Gasteiger partial charge in [0.25, 0.3) is 0 Å². The van der Waals surface area contributed by atoms with Crippen molar-refractivity contribution in [3.8, 4) is 5.88 Å². The third-order valence-electron chi connectivity index (χ3n) is 4.32. The Hall–Kier alpha value is -1.32. The maximum Gasteiger partial charge on any atom is 0.223 e. The van der Waals surface area contributed by atoms with Gasteiger partial charge >= 0.3 is 0 Å². The number of fused-ring (bicyclic) bond motifs is 2. The summed E-state index contributed by atoms with van der Waals surface area (Å²) in [5.41, 5.74) is 8.47. The molecule has 2 aliphatic carbocycles. The number of hydrogen-bond acceptors (Lipinski definition) is 4. The van der Waals surface area contributed by atoms with Crippen LogP contribution in [0.1, 0.15) is 49.8 Å². The van der Waals surface area contributed by atoms with E-state index >= 15 is 0 Å². The average Bonchev–Trinajstić information content (AvgIpc) is 2.79. The molecule has 1 saturated carbocycles. The van der Waals surface area contributed by atoms with Crippen LogP contribution in [0.4, 0.5) is 5.95 Å². The monoisotopic (exact) mass is 233 g/mol. The molecule has 0 aliphatic heterocycles. The Labute approximate surface area is 102 Å². The summed E-state index contributed by atoms with van der Waals surface area (Å²) in [5, 5.41) is 0. The molecular weight excluding hydrogens is 214 g/mol. The van der Waals surface area contributed by atoms with Crippen LogP contribution in [0.25, 0.3) is 0 Å². The van der Waals surface area contributed by atoms with Gasteiger partial charge in [-0.3, -0.25) is 0 Å². The van der Waals surface area contributed by atoms with Gasteiger partial charge in [0, 0.05) is 11.0 Å². The van der Waals surface area contributed by atoms with E-state index in [1.165, 1.54) is 49.8 Å². The Morgan fingerprint density at radius 3 is 2.53 bits per heavy atom. The molecule has 1 aromatic heterocycles. The molecule has 0 aromatic carbocycles. The van der Waals surface area contributed by atoms with Gasteiger partial charge in [-0.2, -0.15) is 4.98 Å². The molecule has 4 heteroatoms. The summed E-state index contributed by atoms with van der Waals surface area (Å²) in [5.74, 6) is 1.05. The van der Waals surface area contributed by atoms with Crippen molar-refractivity contribution in [2.45, 2.75) is 50.4 Å². The predicted octanol–water partition coefficient (Wildman–Crippen LogP) is 2.22. The number of rotatable bonds is 1. The quantitative estimate of drug-likeness (QED) is 0.808. The molecule has 0 bridgehead atoms. The number of nitrogens with zero attached hydrogens (tertiary/aromatic N) is 2. The number of anilines is 1. The predicted molar refractivity (Wildman–Crippen MR) is 66.1 cm³/mol. The van der Waals surface area contributed by atoms with E-state index in [0.717, 1.165) is 6.42 Å². The molecular formula is C13H19N3O. The molecule has 4 nitrogen and oxygen atoms in total. The molecule has 92 valence electrons. The zero-order valence-corrected chi connectivity index (χ0v) is 10.3. The topological polar surface area (TPSA) is 61.0 Å². The van der Waals surface area contributed by atoms with Crippen molar-refractivity contribution in [1.82, 2.24) is 9.97 Å². The summed E-state index contributed by atoms with van der Waals surface area (Å²) in [6, 6.07) is 0. The minimum absolute atomic E-state index is 0.276. The Morgan fingerprint density at radius 2 is 1.82 bits per heavy atom. The lowest BCUT2D eigenvalue weighted by atomic mass is 9.72. The highest BCUT2D eigenvalue weighted by Crippen LogP contribution is 2.49. The fraction of sp³-hybridized carbons (Fsp3) is 0.692. The van der Waals surface area contributed by atoms with Crippen LogP contribution in [-0.2, 0) is 11.8 Å². The van der Waals surface area contributed by atoms with Gasteiger partial charge in [0.2, 0.25) is 11.8 Å². The Morgan fingerprint density at radius 1 is 1.12 bits per heavy atom. The normalized spacial score (nSPS) is 21.5. The SMILES string of the molecule is COc1nc(N)nc2c1CCCC21CCCC1. The summed E-state index contributed by atoms with van der Waals surface area (Å²) in [7, 11) is 1.66. The Kier molecular flexibility index (Phi) is 2.45. The van der Waals surface area contributed by atoms with Gasteiger partial charge in [-0.15, -0.1) is 0 Å². The first-order valence-electron chi connectivity index (χ1n) is 6.46. The van der Waals surface area contributed by atoms with Crippen molar-refractivity contribution in [2.24, 2.45) is 0 Å². The number of hydrogen-bond donors (Lipinski definition) is 1. The standard InChI is InChI=1S/C13H19N3O/c1-17-11-9-5-4-8-13(6-2-3-7-13)10(9)15-12(14)16-11/h2-8H2,1H3,(H2,14,15,16). The summed E-state index contributed by atoms with van der Waals surface area (Å²) in [6.45, 7) is 0. The highest BCUT2D eigenvalue weighted by atomic mass is 16.5. The van der Waals surface area contributed by atoms with Crippen molar-refractivity contribution in [3.63, 3.8) is 0 Å². The van der Waals surface area contributed by atoms with E-state index in [2.05, 4.69) is 9.97 Å². The van der Waals surface area contributed by atoms with Crippen molar-refractivity contribution in [3.05, 3.63) is 11.3 Å². The van der Waals surface area contributed by atoms with E-state index in [1.54, 1.807) is 7.11 Å². The van der Waals surface area contributed by atoms with Gasteiger partial charge in [0.15, 0.2) is 0 Å². The van der Waals surface area contributed by atoms with Crippen molar-refractivity contribution in [1.29, 1.82) is 0 Å². The lowest BCUT2D eigenvalue weighted by Gasteiger charge is -2.34. The highest BCUT2D eigenvalue weighted by Gasteiger charge is 2.41. The van der Waals surface area contributed by atoms with Crippen molar-refractivity contribution >= 4 is 5.95 Å². The number of aromatic nitrogens is 2. The van der Waals surface area contributed by atoms with Gasteiger partial charge in [-0.25, -0.2) is 4.98 Å². The summed E-state index contributed by atoms with van der Waals surface area (Å²) in [6.07, 6.45) is 8.62. The first kappa shape index (κ1) is 10.8. The molecule has 2 aliphatic rings. The maximum absolute atomic E-state index is 5.81. The smallest absolute Gasteiger partial charge is 0.223 e. The van der Waals surface area contributed by atoms with Crippen molar-refractivity contribution < 1.29 is 4.74 Å². The van der Waals surface area contributed by atoms with Gasteiger partial charge in [0.1, 0.15) is 0 Å². The zero-order chi connectivity index (χ0) is 11.9. The summed E-state index contributed by atoms with van der Waals surface area (Å²) >= 11 is 0. The van der Waals surface area contributed by atoms with Crippen LogP contribution in [-0.4, -0.2) is 17.1 Å². The van der Waals surface area contributed by atoms with Crippen LogP contribution >= 0.6 is 0 Å². The molecule has 0 unspecified atom stereocenters. The van der Waals surface area contributed by atoms with Crippen LogP contribution in [0.2, 0.25) is 0 Å². The number of methoxy groups -OCH3 is 1. The molecule has 1 fully saturated rings. The largest absolute Gasteiger partial charge is 0.481 e. The van der Waals surface area contributed by atoms with E-state index in [4.69, 9.17) is 10.5 Å². The molecule has 0 radical (unpaired) electrons. The van der Waals surface area contributed by atoms with Crippen LogP contribution in [0.5, 0.6) is 5.88 Å². The van der Waals surface area contributed by atoms with E-state index in [1.807, 2.05) is 0 Å².